The largest absolute Gasteiger partial charge is 0.494 e. The monoisotopic (exact) mass is 363 g/mol. The molecule has 0 atom stereocenters. The summed E-state index contributed by atoms with van der Waals surface area (Å²) >= 11 is 0. The van der Waals surface area contributed by atoms with Gasteiger partial charge in [-0.05, 0) is 43.2 Å². The highest BCUT2D eigenvalue weighted by atomic mass is 16.5. The molecular weight excluding hydrogens is 338 g/mol. The highest BCUT2D eigenvalue weighted by Gasteiger charge is 2.10. The summed E-state index contributed by atoms with van der Waals surface area (Å²) in [4.78, 5) is 16.0. The van der Waals surface area contributed by atoms with Crippen LogP contribution < -0.4 is 10.1 Å². The van der Waals surface area contributed by atoms with E-state index >= 15 is 0 Å². The number of nitrogens with one attached hydrogen (secondary N) is 1. The van der Waals surface area contributed by atoms with E-state index in [0.717, 1.165) is 48.4 Å². The zero-order valence-corrected chi connectivity index (χ0v) is 15.4. The fraction of sp³-hybridized carbons (Fsp3) is 0.273. The molecule has 0 fully saturated rings. The van der Waals surface area contributed by atoms with Crippen molar-refractivity contribution in [2.45, 2.75) is 25.8 Å². The summed E-state index contributed by atoms with van der Waals surface area (Å²) in [5, 5.41) is 2.81. The highest BCUT2D eigenvalue weighted by molar-refractivity contribution is 5.86. The maximum atomic E-state index is 11.3. The van der Waals surface area contributed by atoms with Crippen molar-refractivity contribution in [3.8, 4) is 5.75 Å². The summed E-state index contributed by atoms with van der Waals surface area (Å²) in [6.07, 6.45) is 3.84. The number of benzene rings is 2. The Hall–Kier alpha value is -3.08. The Morgan fingerprint density at radius 1 is 1.11 bits per heavy atom. The number of rotatable bonds is 10. The minimum Gasteiger partial charge on any atom is -0.494 e. The lowest BCUT2D eigenvalue weighted by atomic mass is 10.2. The number of carbonyl (C=O) groups is 1. The molecule has 2 aromatic carbocycles. The van der Waals surface area contributed by atoms with Crippen molar-refractivity contribution < 1.29 is 9.53 Å². The van der Waals surface area contributed by atoms with Gasteiger partial charge in [0, 0.05) is 19.5 Å². The fourth-order valence-electron chi connectivity index (χ4n) is 3.03. The second-order valence-corrected chi connectivity index (χ2v) is 6.28. The molecule has 1 N–H and O–H groups in total. The lowest BCUT2D eigenvalue weighted by molar-refractivity contribution is -0.116. The van der Waals surface area contributed by atoms with Gasteiger partial charge in [0.15, 0.2) is 0 Å². The van der Waals surface area contributed by atoms with Crippen molar-refractivity contribution >= 4 is 16.9 Å². The number of fused-ring (bicyclic) bond motifs is 1. The highest BCUT2D eigenvalue weighted by Crippen LogP contribution is 2.18. The number of amides is 1. The van der Waals surface area contributed by atoms with Gasteiger partial charge in [0.1, 0.15) is 11.6 Å². The van der Waals surface area contributed by atoms with Crippen LogP contribution in [0.25, 0.3) is 11.0 Å². The van der Waals surface area contributed by atoms with E-state index < -0.39 is 0 Å². The van der Waals surface area contributed by atoms with Gasteiger partial charge in [-0.3, -0.25) is 4.79 Å². The van der Waals surface area contributed by atoms with E-state index in [4.69, 9.17) is 9.72 Å². The Labute approximate surface area is 159 Å². The molecule has 27 heavy (non-hydrogen) atoms. The van der Waals surface area contributed by atoms with Crippen molar-refractivity contribution in [1.82, 2.24) is 14.9 Å². The molecular formula is C22H25N3O2. The van der Waals surface area contributed by atoms with E-state index in [-0.39, 0.29) is 5.91 Å². The summed E-state index contributed by atoms with van der Waals surface area (Å²) in [6.45, 7) is 5.59. The standard InChI is InChI=1S/C22H25N3O2/c1-2-22(26)23-15-8-14-21-24-19-12-6-7-13-20(19)25(21)16-9-17-27-18-10-4-3-5-11-18/h2-7,10-13H,1,8-9,14-17H2,(H,23,26). The van der Waals surface area contributed by atoms with Crippen LogP contribution in [0.1, 0.15) is 18.7 Å². The third-order valence-corrected chi connectivity index (χ3v) is 4.33. The number of hydrogen-bond acceptors (Lipinski definition) is 3. The zero-order chi connectivity index (χ0) is 18.9. The molecule has 5 heteroatoms. The predicted molar refractivity (Wildman–Crippen MR) is 108 cm³/mol. The average Bonchev–Trinajstić information content (AvgIpc) is 3.06. The van der Waals surface area contributed by atoms with Crippen molar-refractivity contribution in [3.05, 3.63) is 73.1 Å². The number of ether oxygens (including phenoxy) is 1. The molecule has 0 spiro atoms. The van der Waals surface area contributed by atoms with Gasteiger partial charge in [0.25, 0.3) is 0 Å². The van der Waals surface area contributed by atoms with Crippen molar-refractivity contribution in [2.24, 2.45) is 0 Å². The SMILES string of the molecule is C=CC(=O)NCCCc1nc2ccccc2n1CCCOc1ccccc1. The summed E-state index contributed by atoms with van der Waals surface area (Å²) in [7, 11) is 0. The van der Waals surface area contributed by atoms with Gasteiger partial charge in [-0.25, -0.2) is 4.98 Å². The number of nitrogens with zero attached hydrogens (tertiary/aromatic N) is 2. The van der Waals surface area contributed by atoms with E-state index in [9.17, 15) is 4.79 Å². The molecule has 3 rings (SSSR count). The number of carbonyl (C=O) groups excluding carboxylic acids is 1. The first kappa shape index (κ1) is 18.7. The molecule has 0 unspecified atom stereocenters. The first-order valence-electron chi connectivity index (χ1n) is 9.30. The van der Waals surface area contributed by atoms with Crippen LogP contribution in [0.5, 0.6) is 5.75 Å². The van der Waals surface area contributed by atoms with Crippen LogP contribution in [0.15, 0.2) is 67.3 Å². The molecule has 0 saturated heterocycles. The quantitative estimate of drug-likeness (QED) is 0.441. The lowest BCUT2D eigenvalue weighted by Gasteiger charge is -2.10. The van der Waals surface area contributed by atoms with E-state index in [1.807, 2.05) is 48.5 Å². The Bertz CT molecular complexity index is 887. The number of hydrogen-bond donors (Lipinski definition) is 1. The van der Waals surface area contributed by atoms with Crippen LogP contribution in [0.2, 0.25) is 0 Å². The molecule has 1 amide bonds. The summed E-state index contributed by atoms with van der Waals surface area (Å²) in [5.74, 6) is 1.80. The minimum absolute atomic E-state index is 0.137. The second-order valence-electron chi connectivity index (χ2n) is 6.28. The smallest absolute Gasteiger partial charge is 0.243 e. The maximum absolute atomic E-state index is 11.3. The van der Waals surface area contributed by atoms with Crippen molar-refractivity contribution in [3.63, 3.8) is 0 Å². The maximum Gasteiger partial charge on any atom is 0.243 e. The van der Waals surface area contributed by atoms with Gasteiger partial charge in [-0.1, -0.05) is 36.9 Å². The number of para-hydroxylation sites is 3. The Morgan fingerprint density at radius 3 is 2.70 bits per heavy atom. The molecule has 1 heterocycles. The zero-order valence-electron chi connectivity index (χ0n) is 15.4. The van der Waals surface area contributed by atoms with Crippen LogP contribution in [0.3, 0.4) is 0 Å². The lowest BCUT2D eigenvalue weighted by Crippen LogP contribution is -2.22. The third-order valence-electron chi connectivity index (χ3n) is 4.33. The van der Waals surface area contributed by atoms with Gasteiger partial charge in [-0.15, -0.1) is 0 Å². The van der Waals surface area contributed by atoms with Gasteiger partial charge >= 0.3 is 0 Å². The van der Waals surface area contributed by atoms with E-state index in [0.29, 0.717) is 13.2 Å². The third kappa shape index (κ3) is 5.20. The molecule has 0 aliphatic heterocycles. The Balaban J connectivity index is 1.60. The summed E-state index contributed by atoms with van der Waals surface area (Å²) in [6, 6.07) is 18.0. The average molecular weight is 363 g/mol. The first-order chi connectivity index (χ1) is 13.3. The normalized spacial score (nSPS) is 10.7. The first-order valence-corrected chi connectivity index (χ1v) is 9.30. The molecule has 1 aromatic heterocycles. The van der Waals surface area contributed by atoms with Gasteiger partial charge in [-0.2, -0.15) is 0 Å². The summed E-state index contributed by atoms with van der Waals surface area (Å²) < 4.78 is 8.07. The molecule has 5 nitrogen and oxygen atoms in total. The van der Waals surface area contributed by atoms with Gasteiger partial charge < -0.3 is 14.6 Å². The van der Waals surface area contributed by atoms with Crippen LogP contribution in [0, 0.1) is 0 Å². The molecule has 0 aliphatic rings. The molecule has 140 valence electrons. The van der Waals surface area contributed by atoms with Crippen LogP contribution >= 0.6 is 0 Å². The molecule has 3 aromatic rings. The van der Waals surface area contributed by atoms with Crippen LogP contribution in [-0.4, -0.2) is 28.6 Å². The van der Waals surface area contributed by atoms with Crippen molar-refractivity contribution in [1.29, 1.82) is 0 Å². The van der Waals surface area contributed by atoms with E-state index in [2.05, 4.69) is 22.5 Å². The van der Waals surface area contributed by atoms with Crippen molar-refractivity contribution in [2.75, 3.05) is 13.2 Å². The van der Waals surface area contributed by atoms with Crippen LogP contribution in [0.4, 0.5) is 0 Å². The van der Waals surface area contributed by atoms with Gasteiger partial charge in [0.05, 0.1) is 17.6 Å². The minimum atomic E-state index is -0.137. The molecule has 0 aliphatic carbocycles. The molecule has 0 radical (unpaired) electrons. The Morgan fingerprint density at radius 2 is 1.89 bits per heavy atom. The number of aromatic nitrogens is 2. The molecule has 0 bridgehead atoms. The van der Waals surface area contributed by atoms with Gasteiger partial charge in [0.2, 0.25) is 5.91 Å². The van der Waals surface area contributed by atoms with E-state index in [1.54, 1.807) is 0 Å². The van der Waals surface area contributed by atoms with E-state index in [1.165, 1.54) is 6.08 Å². The molecule has 0 saturated carbocycles. The Kier molecular flexibility index (Phi) is 6.63. The number of imidazole rings is 1. The fourth-order valence-corrected chi connectivity index (χ4v) is 3.03. The second kappa shape index (κ2) is 9.57. The van der Waals surface area contributed by atoms with Crippen LogP contribution in [-0.2, 0) is 17.8 Å². The predicted octanol–water partition coefficient (Wildman–Crippen LogP) is 3.74. The summed E-state index contributed by atoms with van der Waals surface area (Å²) in [5.41, 5.74) is 2.15. The topological polar surface area (TPSA) is 56.2 Å². The number of aryl methyl sites for hydroxylation is 2.